The van der Waals surface area contributed by atoms with E-state index in [0.29, 0.717) is 41.0 Å². The molecule has 1 N–H and O–H groups in total. The molecule has 29 heavy (non-hydrogen) atoms. The number of benzene rings is 1. The Hall–Kier alpha value is -3.00. The van der Waals surface area contributed by atoms with Crippen molar-refractivity contribution >= 4 is 26.8 Å². The fraction of sp³-hybridized carbons (Fsp3) is 0.286. The van der Waals surface area contributed by atoms with Gasteiger partial charge in [0.1, 0.15) is 0 Å². The van der Waals surface area contributed by atoms with Crippen molar-refractivity contribution in [1.29, 1.82) is 0 Å². The van der Waals surface area contributed by atoms with Crippen LogP contribution in [0.25, 0.3) is 22.3 Å². The van der Waals surface area contributed by atoms with E-state index in [-0.39, 0.29) is 23.5 Å². The molecule has 3 aromatic rings. The summed E-state index contributed by atoms with van der Waals surface area (Å²) in [6, 6.07) is 11.1. The van der Waals surface area contributed by atoms with Crippen molar-refractivity contribution in [2.24, 2.45) is 0 Å². The Balaban J connectivity index is 1.93. The second-order valence-corrected chi connectivity index (χ2v) is 9.43. The maximum absolute atomic E-state index is 12.9. The Morgan fingerprint density at radius 3 is 2.76 bits per heavy atom. The van der Waals surface area contributed by atoms with Crippen LogP contribution in [0.1, 0.15) is 28.5 Å². The lowest BCUT2D eigenvalue weighted by molar-refractivity contribution is 0.0959. The second kappa shape index (κ2) is 7.44. The van der Waals surface area contributed by atoms with Gasteiger partial charge in [0.2, 0.25) is 0 Å². The number of sulfone groups is 1. The van der Waals surface area contributed by atoms with E-state index in [1.54, 1.807) is 16.8 Å². The molecule has 1 aliphatic rings. The van der Waals surface area contributed by atoms with Gasteiger partial charge in [0.05, 0.1) is 39.9 Å². The smallest absolute Gasteiger partial charge is 0.252 e. The molecule has 0 aliphatic carbocycles. The molecular weight excluding hydrogens is 388 g/mol. The number of carbonyl (C=O) groups is 1. The second-order valence-electron chi connectivity index (χ2n) is 7.21. The number of fused-ring (bicyclic) bond motifs is 1. The van der Waals surface area contributed by atoms with Crippen LogP contribution < -0.4 is 5.32 Å². The number of amides is 1. The highest BCUT2D eigenvalue weighted by atomic mass is 32.2. The summed E-state index contributed by atoms with van der Waals surface area (Å²) < 4.78 is 25.7. The standard InChI is InChI=1S/C21H22N4O3S/c1-3-10-22-21(26)17-12-18(15-7-5-4-6-8-15)23-20-19(17)14(2)24-25(20)16-9-11-29(27,28)13-16/h3-8,12,16H,1,9-11,13H2,2H3,(H,22,26). The topological polar surface area (TPSA) is 93.9 Å². The van der Waals surface area contributed by atoms with Gasteiger partial charge in [-0.05, 0) is 19.4 Å². The zero-order chi connectivity index (χ0) is 20.6. The predicted molar refractivity (Wildman–Crippen MR) is 113 cm³/mol. The van der Waals surface area contributed by atoms with Crippen molar-refractivity contribution in [2.75, 3.05) is 18.1 Å². The number of aromatic nitrogens is 3. The van der Waals surface area contributed by atoms with Crippen LogP contribution in [-0.4, -0.2) is 47.1 Å². The highest BCUT2D eigenvalue weighted by Crippen LogP contribution is 2.32. The summed E-state index contributed by atoms with van der Waals surface area (Å²) in [6.45, 7) is 5.80. The largest absolute Gasteiger partial charge is 0.349 e. The number of nitrogens with zero attached hydrogens (tertiary/aromatic N) is 3. The van der Waals surface area contributed by atoms with E-state index in [0.717, 1.165) is 5.56 Å². The maximum Gasteiger partial charge on any atom is 0.252 e. The predicted octanol–water partition coefficient (Wildman–Crippen LogP) is 2.68. The molecule has 1 unspecified atom stereocenters. The summed E-state index contributed by atoms with van der Waals surface area (Å²) >= 11 is 0. The van der Waals surface area contributed by atoms with Crippen LogP contribution >= 0.6 is 0 Å². The zero-order valence-electron chi connectivity index (χ0n) is 16.1. The Kier molecular flexibility index (Phi) is 4.96. The number of hydrogen-bond acceptors (Lipinski definition) is 5. The van der Waals surface area contributed by atoms with Gasteiger partial charge in [-0.2, -0.15) is 5.10 Å². The van der Waals surface area contributed by atoms with Gasteiger partial charge in [-0.3, -0.25) is 4.79 Å². The fourth-order valence-electron chi connectivity index (χ4n) is 3.73. The van der Waals surface area contributed by atoms with E-state index in [2.05, 4.69) is 17.0 Å². The molecule has 8 heteroatoms. The van der Waals surface area contributed by atoms with E-state index >= 15 is 0 Å². The molecule has 0 bridgehead atoms. The van der Waals surface area contributed by atoms with Crippen molar-refractivity contribution in [1.82, 2.24) is 20.1 Å². The number of carbonyl (C=O) groups excluding carboxylic acids is 1. The lowest BCUT2D eigenvalue weighted by Crippen LogP contribution is -2.23. The first-order valence-electron chi connectivity index (χ1n) is 9.44. The van der Waals surface area contributed by atoms with E-state index < -0.39 is 9.84 Å². The first-order valence-corrected chi connectivity index (χ1v) is 11.3. The molecule has 7 nitrogen and oxygen atoms in total. The van der Waals surface area contributed by atoms with Crippen molar-refractivity contribution in [2.45, 2.75) is 19.4 Å². The summed E-state index contributed by atoms with van der Waals surface area (Å²) in [4.78, 5) is 17.7. The first kappa shape index (κ1) is 19.3. The van der Waals surface area contributed by atoms with Crippen LogP contribution in [0.4, 0.5) is 0 Å². The molecule has 150 valence electrons. The van der Waals surface area contributed by atoms with Gasteiger partial charge in [-0.15, -0.1) is 6.58 Å². The minimum Gasteiger partial charge on any atom is -0.349 e. The van der Waals surface area contributed by atoms with E-state index in [1.807, 2.05) is 37.3 Å². The van der Waals surface area contributed by atoms with Crippen LogP contribution in [0.15, 0.2) is 49.1 Å². The summed E-state index contributed by atoms with van der Waals surface area (Å²) in [5.41, 5.74) is 3.18. The fourth-order valence-corrected chi connectivity index (χ4v) is 5.42. The van der Waals surface area contributed by atoms with Crippen molar-refractivity contribution in [3.63, 3.8) is 0 Å². The van der Waals surface area contributed by atoms with Crippen LogP contribution in [0.2, 0.25) is 0 Å². The number of aryl methyl sites for hydroxylation is 1. The molecule has 1 saturated heterocycles. The third-order valence-electron chi connectivity index (χ3n) is 5.11. The lowest BCUT2D eigenvalue weighted by Gasteiger charge is -2.12. The van der Waals surface area contributed by atoms with E-state index in [9.17, 15) is 13.2 Å². The van der Waals surface area contributed by atoms with Crippen LogP contribution in [0, 0.1) is 6.92 Å². The van der Waals surface area contributed by atoms with Crippen LogP contribution in [-0.2, 0) is 9.84 Å². The first-order chi connectivity index (χ1) is 13.9. The van der Waals surface area contributed by atoms with Gasteiger partial charge in [0.15, 0.2) is 15.5 Å². The maximum atomic E-state index is 12.9. The molecule has 2 aromatic heterocycles. The Morgan fingerprint density at radius 2 is 2.10 bits per heavy atom. The average Bonchev–Trinajstić information content (AvgIpc) is 3.25. The number of hydrogen-bond donors (Lipinski definition) is 1. The molecule has 1 amide bonds. The molecule has 1 aliphatic heterocycles. The monoisotopic (exact) mass is 410 g/mol. The number of rotatable bonds is 5. The molecule has 0 spiro atoms. The summed E-state index contributed by atoms with van der Waals surface area (Å²) in [6.07, 6.45) is 2.11. The molecule has 1 aromatic carbocycles. The molecule has 4 rings (SSSR count). The third-order valence-corrected chi connectivity index (χ3v) is 6.86. The van der Waals surface area contributed by atoms with Gasteiger partial charge < -0.3 is 5.32 Å². The molecule has 1 atom stereocenters. The highest BCUT2D eigenvalue weighted by molar-refractivity contribution is 7.91. The molecule has 0 radical (unpaired) electrons. The van der Waals surface area contributed by atoms with Gasteiger partial charge in [-0.1, -0.05) is 36.4 Å². The van der Waals surface area contributed by atoms with Crippen molar-refractivity contribution in [3.05, 3.63) is 60.3 Å². The highest BCUT2D eigenvalue weighted by Gasteiger charge is 2.32. The minimum atomic E-state index is -3.08. The van der Waals surface area contributed by atoms with Crippen molar-refractivity contribution < 1.29 is 13.2 Å². The van der Waals surface area contributed by atoms with Crippen LogP contribution in [0.5, 0.6) is 0 Å². The summed E-state index contributed by atoms with van der Waals surface area (Å²) in [5, 5.41) is 8.05. The van der Waals surface area contributed by atoms with Gasteiger partial charge >= 0.3 is 0 Å². The summed E-state index contributed by atoms with van der Waals surface area (Å²) in [7, 11) is -3.08. The zero-order valence-corrected chi connectivity index (χ0v) is 16.9. The quantitative estimate of drug-likeness (QED) is 0.653. The molecule has 3 heterocycles. The Bertz CT molecular complexity index is 1200. The van der Waals surface area contributed by atoms with E-state index in [4.69, 9.17) is 4.98 Å². The Labute approximate surface area is 169 Å². The average molecular weight is 410 g/mol. The third kappa shape index (κ3) is 3.67. The summed E-state index contributed by atoms with van der Waals surface area (Å²) in [5.74, 6) is -0.0575. The van der Waals surface area contributed by atoms with E-state index in [1.165, 1.54) is 0 Å². The van der Waals surface area contributed by atoms with Gasteiger partial charge in [0, 0.05) is 12.1 Å². The minimum absolute atomic E-state index is 0.0401. The number of pyridine rings is 1. The number of nitrogens with one attached hydrogen (secondary N) is 1. The molecular formula is C21H22N4O3S. The van der Waals surface area contributed by atoms with Crippen molar-refractivity contribution in [3.8, 4) is 11.3 Å². The molecule has 0 saturated carbocycles. The SMILES string of the molecule is C=CCNC(=O)c1cc(-c2ccccc2)nc2c1c(C)nn2C1CCS(=O)(=O)C1. The Morgan fingerprint density at radius 1 is 1.34 bits per heavy atom. The van der Waals surface area contributed by atoms with Gasteiger partial charge in [0.25, 0.3) is 5.91 Å². The normalized spacial score (nSPS) is 18.0. The lowest BCUT2D eigenvalue weighted by atomic mass is 10.0. The van der Waals surface area contributed by atoms with Crippen LogP contribution in [0.3, 0.4) is 0 Å². The van der Waals surface area contributed by atoms with Gasteiger partial charge in [-0.25, -0.2) is 18.1 Å². The molecule has 1 fully saturated rings.